The summed E-state index contributed by atoms with van der Waals surface area (Å²) in [5, 5.41) is 4.27. The summed E-state index contributed by atoms with van der Waals surface area (Å²) in [7, 11) is 2.00. The van der Waals surface area contributed by atoms with E-state index in [1.807, 2.05) is 24.0 Å². The van der Waals surface area contributed by atoms with Crippen molar-refractivity contribution < 1.29 is 4.79 Å². The van der Waals surface area contributed by atoms with Crippen LogP contribution in [0.2, 0.25) is 0 Å². The highest BCUT2D eigenvalue weighted by Crippen LogP contribution is 2.31. The van der Waals surface area contributed by atoms with Gasteiger partial charge in [0.1, 0.15) is 0 Å². The number of aromatic nitrogens is 2. The minimum Gasteiger partial charge on any atom is -0.338 e. The molecule has 1 aromatic heterocycles. The first-order chi connectivity index (χ1) is 14.2. The summed E-state index contributed by atoms with van der Waals surface area (Å²) in [6, 6.07) is 12.6. The zero-order valence-corrected chi connectivity index (χ0v) is 17.4. The average Bonchev–Trinajstić information content (AvgIpc) is 3.06. The lowest BCUT2D eigenvalue weighted by molar-refractivity contribution is -0.137. The molecule has 3 heterocycles. The van der Waals surface area contributed by atoms with Gasteiger partial charge in [-0.25, -0.2) is 0 Å². The number of carbonyl (C=O) groups excluding carboxylic acids is 1. The maximum absolute atomic E-state index is 13.3. The number of hydrogen-bond donors (Lipinski definition) is 0. The Morgan fingerprint density at radius 2 is 1.86 bits per heavy atom. The molecule has 0 bridgehead atoms. The molecule has 2 aromatic rings. The van der Waals surface area contributed by atoms with E-state index in [4.69, 9.17) is 0 Å². The average molecular weight is 393 g/mol. The van der Waals surface area contributed by atoms with E-state index in [1.54, 1.807) is 0 Å². The van der Waals surface area contributed by atoms with Crippen LogP contribution >= 0.6 is 0 Å². The number of allylic oxidation sites excluding steroid dienone is 1. The van der Waals surface area contributed by atoms with Crippen LogP contribution < -0.4 is 0 Å². The molecule has 0 aliphatic carbocycles. The molecule has 0 spiro atoms. The third-order valence-corrected chi connectivity index (χ3v) is 6.53. The van der Waals surface area contributed by atoms with Crippen molar-refractivity contribution in [3.63, 3.8) is 0 Å². The summed E-state index contributed by atoms with van der Waals surface area (Å²) in [4.78, 5) is 17.9. The van der Waals surface area contributed by atoms with E-state index in [-0.39, 0.29) is 5.92 Å². The van der Waals surface area contributed by atoms with E-state index in [9.17, 15) is 4.79 Å². The van der Waals surface area contributed by atoms with Crippen molar-refractivity contribution in [3.05, 3.63) is 66.0 Å². The number of piperidine rings is 1. The molecule has 0 radical (unpaired) electrons. The lowest BCUT2D eigenvalue weighted by atomic mass is 9.81. The van der Waals surface area contributed by atoms with Gasteiger partial charge in [0.25, 0.3) is 0 Å². The summed E-state index contributed by atoms with van der Waals surface area (Å²) in [6.45, 7) is 4.64. The molecular formula is C24H32N4O. The van der Waals surface area contributed by atoms with Gasteiger partial charge in [-0.3, -0.25) is 14.4 Å². The zero-order chi connectivity index (χ0) is 20.1. The van der Waals surface area contributed by atoms with Gasteiger partial charge < -0.3 is 4.90 Å². The van der Waals surface area contributed by atoms with Crippen LogP contribution in [0.1, 0.15) is 30.5 Å². The number of carbonyl (C=O) groups is 1. The van der Waals surface area contributed by atoms with Crippen LogP contribution in [0.4, 0.5) is 0 Å². The molecule has 5 nitrogen and oxygen atoms in total. The molecule has 4 rings (SSSR count). The fraction of sp³-hybridized carbons (Fsp3) is 0.500. The number of amides is 1. The van der Waals surface area contributed by atoms with E-state index in [2.05, 4.69) is 57.4 Å². The van der Waals surface area contributed by atoms with Crippen molar-refractivity contribution >= 4 is 5.91 Å². The Bertz CT molecular complexity index is 820. The van der Waals surface area contributed by atoms with Gasteiger partial charge in [-0.15, -0.1) is 0 Å². The van der Waals surface area contributed by atoms with Crippen LogP contribution in [0.15, 0.2) is 54.7 Å². The first kappa shape index (κ1) is 19.9. The highest BCUT2D eigenvalue weighted by atomic mass is 16.2. The van der Waals surface area contributed by atoms with E-state index in [0.717, 1.165) is 58.4 Å². The second-order valence-corrected chi connectivity index (χ2v) is 8.39. The molecule has 0 N–H and O–H groups in total. The molecule has 1 amide bonds. The Balaban J connectivity index is 1.32. The minimum atomic E-state index is 0.142. The minimum absolute atomic E-state index is 0.142. The second-order valence-electron chi connectivity index (χ2n) is 8.39. The molecule has 0 saturated carbocycles. The van der Waals surface area contributed by atoms with Crippen LogP contribution in [-0.4, -0.2) is 51.7 Å². The van der Waals surface area contributed by atoms with E-state index in [0.29, 0.717) is 11.8 Å². The Labute approximate surface area is 174 Å². The highest BCUT2D eigenvalue weighted by molar-refractivity contribution is 5.80. The molecule has 1 atom stereocenters. The van der Waals surface area contributed by atoms with Crippen LogP contribution in [0.25, 0.3) is 0 Å². The van der Waals surface area contributed by atoms with E-state index in [1.165, 1.54) is 11.3 Å². The Kier molecular flexibility index (Phi) is 6.45. The third-order valence-electron chi connectivity index (χ3n) is 6.53. The van der Waals surface area contributed by atoms with Crippen LogP contribution in [0.3, 0.4) is 0 Å². The summed E-state index contributed by atoms with van der Waals surface area (Å²) >= 11 is 0. The highest BCUT2D eigenvalue weighted by Gasteiger charge is 2.34. The summed E-state index contributed by atoms with van der Waals surface area (Å²) in [6.07, 6.45) is 10.3. The normalized spacial score (nSPS) is 21.5. The molecule has 1 saturated heterocycles. The molecule has 5 heteroatoms. The van der Waals surface area contributed by atoms with Gasteiger partial charge >= 0.3 is 0 Å². The first-order valence-corrected chi connectivity index (χ1v) is 10.9. The smallest absolute Gasteiger partial charge is 0.226 e. The van der Waals surface area contributed by atoms with Crippen molar-refractivity contribution in [2.45, 2.75) is 32.2 Å². The van der Waals surface area contributed by atoms with Crippen molar-refractivity contribution in [2.24, 2.45) is 18.9 Å². The van der Waals surface area contributed by atoms with Crippen LogP contribution in [0, 0.1) is 11.8 Å². The number of hydrogen-bond acceptors (Lipinski definition) is 3. The van der Waals surface area contributed by atoms with Crippen molar-refractivity contribution in [3.8, 4) is 0 Å². The molecule has 154 valence electrons. The predicted molar refractivity (Wildman–Crippen MR) is 115 cm³/mol. The van der Waals surface area contributed by atoms with Crippen molar-refractivity contribution in [1.29, 1.82) is 0 Å². The fourth-order valence-corrected chi connectivity index (χ4v) is 4.67. The number of nitrogens with zero attached hydrogens (tertiary/aromatic N) is 4. The topological polar surface area (TPSA) is 41.4 Å². The predicted octanol–water partition coefficient (Wildman–Crippen LogP) is 3.28. The lowest BCUT2D eigenvalue weighted by Crippen LogP contribution is -2.43. The number of aryl methyl sites for hydroxylation is 1. The number of rotatable bonds is 6. The van der Waals surface area contributed by atoms with E-state index >= 15 is 0 Å². The molecule has 1 unspecified atom stereocenters. The quantitative estimate of drug-likeness (QED) is 0.709. The monoisotopic (exact) mass is 392 g/mol. The van der Waals surface area contributed by atoms with Gasteiger partial charge in [-0.2, -0.15) is 5.10 Å². The van der Waals surface area contributed by atoms with E-state index < -0.39 is 0 Å². The first-order valence-electron chi connectivity index (χ1n) is 10.9. The number of likely N-dealkylation sites (tertiary alicyclic amines) is 1. The van der Waals surface area contributed by atoms with Gasteiger partial charge in [0.05, 0.1) is 5.69 Å². The standard InChI is InChI=1S/C24H32N4O/c1-26-22(10-14-25-26)19-27-16-12-21(13-17-27)23-9-5-6-15-28(24(23)29)18-11-20-7-3-2-4-8-20/h2-8,10,14,21,23H,9,11-13,15-19H2,1H3. The summed E-state index contributed by atoms with van der Waals surface area (Å²) in [5.41, 5.74) is 2.55. The van der Waals surface area contributed by atoms with Crippen LogP contribution in [-0.2, 0) is 24.8 Å². The van der Waals surface area contributed by atoms with Gasteiger partial charge in [-0.1, -0.05) is 42.5 Å². The van der Waals surface area contributed by atoms with Gasteiger partial charge in [0, 0.05) is 38.8 Å². The summed E-state index contributed by atoms with van der Waals surface area (Å²) in [5.74, 6) is 0.992. The van der Waals surface area contributed by atoms with Crippen molar-refractivity contribution in [1.82, 2.24) is 19.6 Å². The molecule has 2 aliphatic rings. The summed E-state index contributed by atoms with van der Waals surface area (Å²) < 4.78 is 1.95. The Hall–Kier alpha value is -2.40. The van der Waals surface area contributed by atoms with Gasteiger partial charge in [-0.05, 0) is 56.3 Å². The maximum Gasteiger partial charge on any atom is 0.226 e. The Morgan fingerprint density at radius 3 is 2.59 bits per heavy atom. The zero-order valence-electron chi connectivity index (χ0n) is 17.4. The largest absolute Gasteiger partial charge is 0.338 e. The maximum atomic E-state index is 13.3. The SMILES string of the molecule is Cn1nccc1CN1CCC(C2CC=CCN(CCc3ccccc3)C2=O)CC1. The van der Waals surface area contributed by atoms with Gasteiger partial charge in [0.2, 0.25) is 5.91 Å². The molecule has 1 aromatic carbocycles. The van der Waals surface area contributed by atoms with Crippen molar-refractivity contribution in [2.75, 3.05) is 26.2 Å². The Morgan fingerprint density at radius 1 is 1.07 bits per heavy atom. The molecule has 2 aliphatic heterocycles. The lowest BCUT2D eigenvalue weighted by Gasteiger charge is -2.36. The molecular weight excluding hydrogens is 360 g/mol. The second kappa shape index (κ2) is 9.40. The van der Waals surface area contributed by atoms with Crippen LogP contribution in [0.5, 0.6) is 0 Å². The molecule has 1 fully saturated rings. The number of benzene rings is 1. The fourth-order valence-electron chi connectivity index (χ4n) is 4.67. The third kappa shape index (κ3) is 4.96. The van der Waals surface area contributed by atoms with Gasteiger partial charge in [0.15, 0.2) is 0 Å². The molecule has 29 heavy (non-hydrogen) atoms.